The average molecular weight is 246 g/mol. The Hall–Kier alpha value is -1.53. The van der Waals surface area contributed by atoms with Crippen LogP contribution in [0.2, 0.25) is 0 Å². The summed E-state index contributed by atoms with van der Waals surface area (Å²) in [5.74, 6) is 1.36. The van der Waals surface area contributed by atoms with E-state index in [2.05, 4.69) is 31.9 Å². The summed E-state index contributed by atoms with van der Waals surface area (Å²) in [6.45, 7) is 6.43. The van der Waals surface area contributed by atoms with Gasteiger partial charge in [-0.05, 0) is 30.7 Å². The highest BCUT2D eigenvalue weighted by Crippen LogP contribution is 2.20. The Labute approximate surface area is 110 Å². The Balaban J connectivity index is 2.71. The van der Waals surface area contributed by atoms with E-state index in [0.29, 0.717) is 17.2 Å². The third-order valence-corrected chi connectivity index (χ3v) is 3.16. The second-order valence-electron chi connectivity index (χ2n) is 4.86. The van der Waals surface area contributed by atoms with E-state index in [1.54, 1.807) is 7.11 Å². The summed E-state index contributed by atoms with van der Waals surface area (Å²) in [4.78, 5) is 2.30. The van der Waals surface area contributed by atoms with Crippen LogP contribution in [0.25, 0.3) is 0 Å². The molecule has 98 valence electrons. The summed E-state index contributed by atoms with van der Waals surface area (Å²) < 4.78 is 5.22. The second kappa shape index (κ2) is 7.03. The minimum atomic E-state index is 0.589. The smallest absolute Gasteiger partial charge is 0.136 e. The molecule has 0 amide bonds. The highest BCUT2D eigenvalue weighted by molar-refractivity contribution is 5.45. The van der Waals surface area contributed by atoms with E-state index in [0.717, 1.165) is 13.1 Å². The molecule has 0 spiro atoms. The van der Waals surface area contributed by atoms with Crippen molar-refractivity contribution in [3.05, 3.63) is 29.3 Å². The van der Waals surface area contributed by atoms with Crippen LogP contribution in [0.4, 0.5) is 0 Å². The van der Waals surface area contributed by atoms with Crippen LogP contribution in [0.5, 0.6) is 5.75 Å². The van der Waals surface area contributed by atoms with Gasteiger partial charge in [0.05, 0.1) is 12.7 Å². The molecule has 18 heavy (non-hydrogen) atoms. The molecule has 0 saturated heterocycles. The van der Waals surface area contributed by atoms with Crippen molar-refractivity contribution in [1.29, 1.82) is 5.26 Å². The molecule has 0 heterocycles. The van der Waals surface area contributed by atoms with Gasteiger partial charge in [0, 0.05) is 13.1 Å². The summed E-state index contributed by atoms with van der Waals surface area (Å²) >= 11 is 0. The van der Waals surface area contributed by atoms with Gasteiger partial charge in [0.1, 0.15) is 11.8 Å². The number of nitriles is 1. The fourth-order valence-corrected chi connectivity index (χ4v) is 1.96. The zero-order chi connectivity index (χ0) is 13.5. The SMILES string of the molecule is CCC(C)CN(C)Cc1ccc(C#N)c(OC)c1. The maximum absolute atomic E-state index is 8.93. The van der Waals surface area contributed by atoms with Gasteiger partial charge in [-0.15, -0.1) is 0 Å². The van der Waals surface area contributed by atoms with Crippen LogP contribution in [-0.4, -0.2) is 25.6 Å². The molecule has 0 aliphatic carbocycles. The molecule has 0 aromatic heterocycles. The third-order valence-electron chi connectivity index (χ3n) is 3.16. The summed E-state index contributed by atoms with van der Waals surface area (Å²) in [7, 11) is 3.72. The van der Waals surface area contributed by atoms with Gasteiger partial charge in [-0.3, -0.25) is 0 Å². The zero-order valence-electron chi connectivity index (χ0n) is 11.7. The highest BCUT2D eigenvalue weighted by atomic mass is 16.5. The van der Waals surface area contributed by atoms with Crippen LogP contribution in [0.3, 0.4) is 0 Å². The van der Waals surface area contributed by atoms with Crippen molar-refractivity contribution >= 4 is 0 Å². The first-order chi connectivity index (χ1) is 8.60. The molecule has 3 heteroatoms. The van der Waals surface area contributed by atoms with E-state index in [-0.39, 0.29) is 0 Å². The summed E-state index contributed by atoms with van der Waals surface area (Å²) in [6, 6.07) is 7.90. The maximum Gasteiger partial charge on any atom is 0.136 e. The van der Waals surface area contributed by atoms with Crippen LogP contribution < -0.4 is 4.74 Å². The largest absolute Gasteiger partial charge is 0.495 e. The van der Waals surface area contributed by atoms with Crippen molar-refractivity contribution < 1.29 is 4.74 Å². The lowest BCUT2D eigenvalue weighted by Gasteiger charge is -2.20. The Bertz CT molecular complexity index is 423. The van der Waals surface area contributed by atoms with Gasteiger partial charge in [-0.1, -0.05) is 26.3 Å². The molecule has 0 aliphatic rings. The average Bonchev–Trinajstić information content (AvgIpc) is 2.38. The topological polar surface area (TPSA) is 36.3 Å². The zero-order valence-corrected chi connectivity index (χ0v) is 11.7. The van der Waals surface area contributed by atoms with Gasteiger partial charge in [-0.25, -0.2) is 0 Å². The molecule has 0 saturated carbocycles. The molecule has 1 atom stereocenters. The van der Waals surface area contributed by atoms with Crippen molar-refractivity contribution in [2.75, 3.05) is 20.7 Å². The van der Waals surface area contributed by atoms with Crippen molar-refractivity contribution in [1.82, 2.24) is 4.90 Å². The van der Waals surface area contributed by atoms with Crippen molar-refractivity contribution in [2.24, 2.45) is 5.92 Å². The van der Waals surface area contributed by atoms with Gasteiger partial charge in [0.2, 0.25) is 0 Å². The van der Waals surface area contributed by atoms with Gasteiger partial charge in [-0.2, -0.15) is 5.26 Å². The number of nitrogens with zero attached hydrogens (tertiary/aromatic N) is 2. The number of methoxy groups -OCH3 is 1. The van der Waals surface area contributed by atoms with E-state index in [4.69, 9.17) is 10.00 Å². The molecule has 0 aliphatic heterocycles. The monoisotopic (exact) mass is 246 g/mol. The number of benzene rings is 1. The third kappa shape index (κ3) is 4.05. The first-order valence-electron chi connectivity index (χ1n) is 6.36. The fourth-order valence-electron chi connectivity index (χ4n) is 1.96. The number of rotatable bonds is 6. The van der Waals surface area contributed by atoms with Gasteiger partial charge >= 0.3 is 0 Å². The predicted octanol–water partition coefficient (Wildman–Crippen LogP) is 3.04. The second-order valence-corrected chi connectivity index (χ2v) is 4.86. The molecule has 1 aromatic carbocycles. The molecule has 1 unspecified atom stereocenters. The molecule has 0 radical (unpaired) electrons. The maximum atomic E-state index is 8.93. The molecular formula is C15H22N2O. The molecule has 0 N–H and O–H groups in total. The van der Waals surface area contributed by atoms with Crippen LogP contribution in [0.1, 0.15) is 31.4 Å². The van der Waals surface area contributed by atoms with Crippen molar-refractivity contribution in [2.45, 2.75) is 26.8 Å². The lowest BCUT2D eigenvalue weighted by Crippen LogP contribution is -2.23. The molecule has 1 aromatic rings. The number of hydrogen-bond acceptors (Lipinski definition) is 3. The van der Waals surface area contributed by atoms with Gasteiger partial charge in [0.25, 0.3) is 0 Å². The Morgan fingerprint density at radius 2 is 2.17 bits per heavy atom. The quantitative estimate of drug-likeness (QED) is 0.774. The normalized spacial score (nSPS) is 12.2. The van der Waals surface area contributed by atoms with Gasteiger partial charge in [0.15, 0.2) is 0 Å². The highest BCUT2D eigenvalue weighted by Gasteiger charge is 2.08. The van der Waals surface area contributed by atoms with E-state index in [9.17, 15) is 0 Å². The van der Waals surface area contributed by atoms with Crippen LogP contribution in [0, 0.1) is 17.2 Å². The summed E-state index contributed by atoms with van der Waals surface area (Å²) in [5, 5.41) is 8.93. The Kier molecular flexibility index (Phi) is 5.67. The van der Waals surface area contributed by atoms with E-state index in [1.807, 2.05) is 18.2 Å². The Morgan fingerprint density at radius 1 is 1.44 bits per heavy atom. The molecule has 0 fully saturated rings. The number of hydrogen-bond donors (Lipinski definition) is 0. The lowest BCUT2D eigenvalue weighted by molar-refractivity contribution is 0.275. The molecule has 1 rings (SSSR count). The van der Waals surface area contributed by atoms with E-state index in [1.165, 1.54) is 12.0 Å². The van der Waals surface area contributed by atoms with Crippen molar-refractivity contribution in [3.63, 3.8) is 0 Å². The number of ether oxygens (including phenoxy) is 1. The minimum absolute atomic E-state index is 0.589. The standard InChI is InChI=1S/C15H22N2O/c1-5-12(2)10-17(3)11-13-6-7-14(9-16)15(8-13)18-4/h6-8,12H,5,10-11H2,1-4H3. The van der Waals surface area contributed by atoms with Gasteiger partial charge < -0.3 is 9.64 Å². The summed E-state index contributed by atoms with van der Waals surface area (Å²) in [6.07, 6.45) is 1.20. The van der Waals surface area contributed by atoms with Crippen LogP contribution in [-0.2, 0) is 6.54 Å². The van der Waals surface area contributed by atoms with E-state index >= 15 is 0 Å². The summed E-state index contributed by atoms with van der Waals surface area (Å²) in [5.41, 5.74) is 1.77. The fraction of sp³-hybridized carbons (Fsp3) is 0.533. The lowest BCUT2D eigenvalue weighted by atomic mass is 10.1. The first-order valence-corrected chi connectivity index (χ1v) is 6.36. The molecule has 0 bridgehead atoms. The first kappa shape index (κ1) is 14.5. The molecule has 3 nitrogen and oxygen atoms in total. The van der Waals surface area contributed by atoms with E-state index < -0.39 is 0 Å². The molecular weight excluding hydrogens is 224 g/mol. The van der Waals surface area contributed by atoms with Crippen LogP contribution >= 0.6 is 0 Å². The minimum Gasteiger partial charge on any atom is -0.495 e. The van der Waals surface area contributed by atoms with Crippen molar-refractivity contribution in [3.8, 4) is 11.8 Å². The predicted molar refractivity (Wildman–Crippen MR) is 73.5 cm³/mol. The Morgan fingerprint density at radius 3 is 2.72 bits per heavy atom. The van der Waals surface area contributed by atoms with Crippen LogP contribution in [0.15, 0.2) is 18.2 Å².